The molecule has 1 amide bonds. The Morgan fingerprint density at radius 2 is 2.35 bits per heavy atom. The van der Waals surface area contributed by atoms with E-state index in [1.807, 2.05) is 0 Å². The number of methoxy groups -OCH3 is 1. The molecule has 0 aromatic carbocycles. The van der Waals surface area contributed by atoms with Crippen molar-refractivity contribution >= 4 is 17.5 Å². The van der Waals surface area contributed by atoms with Crippen molar-refractivity contribution in [1.29, 1.82) is 0 Å². The van der Waals surface area contributed by atoms with Crippen molar-refractivity contribution < 1.29 is 9.53 Å². The highest BCUT2D eigenvalue weighted by Gasteiger charge is 2.15. The first-order valence-electron chi connectivity index (χ1n) is 5.13. The number of amides is 1. The van der Waals surface area contributed by atoms with Crippen LogP contribution in [0.25, 0.3) is 0 Å². The molecule has 0 aliphatic carbocycles. The predicted molar refractivity (Wildman–Crippen MR) is 65.6 cm³/mol. The van der Waals surface area contributed by atoms with E-state index in [2.05, 4.69) is 10.3 Å². The van der Waals surface area contributed by atoms with Crippen LogP contribution in [0.1, 0.15) is 16.1 Å². The molecule has 0 saturated heterocycles. The fourth-order valence-corrected chi connectivity index (χ4v) is 1.51. The van der Waals surface area contributed by atoms with E-state index in [1.165, 1.54) is 19.4 Å². The highest BCUT2D eigenvalue weighted by molar-refractivity contribution is 6.18. The molecule has 0 aliphatic rings. The third-order valence-corrected chi connectivity index (χ3v) is 2.56. The van der Waals surface area contributed by atoms with Crippen molar-refractivity contribution in [1.82, 2.24) is 10.3 Å². The van der Waals surface area contributed by atoms with Gasteiger partial charge in [-0.05, 0) is 6.92 Å². The molecular weight excluding hydrogens is 244 g/mol. The lowest BCUT2D eigenvalue weighted by Crippen LogP contribution is -2.41. The monoisotopic (exact) mass is 258 g/mol. The Kier molecular flexibility index (Phi) is 5.18. The number of carbonyl (C=O) groups excluding carboxylic acids is 1. The van der Waals surface area contributed by atoms with Crippen molar-refractivity contribution in [2.45, 2.75) is 13.0 Å². The van der Waals surface area contributed by atoms with Gasteiger partial charge in [-0.25, -0.2) is 0 Å². The number of halogens is 1. The van der Waals surface area contributed by atoms with Crippen LogP contribution in [0.3, 0.4) is 0 Å². The first-order valence-corrected chi connectivity index (χ1v) is 5.67. The summed E-state index contributed by atoms with van der Waals surface area (Å²) in [4.78, 5) is 26.2. The molecule has 0 saturated carbocycles. The minimum atomic E-state index is -0.450. The number of aromatic nitrogens is 1. The third-order valence-electron chi connectivity index (χ3n) is 2.19. The number of hydrogen-bond acceptors (Lipinski definition) is 3. The number of alkyl halides is 1. The molecule has 94 valence electrons. The Bertz CT molecular complexity index is 445. The Hall–Kier alpha value is -1.33. The van der Waals surface area contributed by atoms with Crippen molar-refractivity contribution in [2.75, 3.05) is 19.6 Å². The van der Waals surface area contributed by atoms with Crippen LogP contribution < -0.4 is 10.7 Å². The maximum Gasteiger partial charge on any atom is 0.257 e. The van der Waals surface area contributed by atoms with Crippen LogP contribution in [0.2, 0.25) is 0 Å². The molecule has 0 spiro atoms. The van der Waals surface area contributed by atoms with Gasteiger partial charge in [-0.2, -0.15) is 0 Å². The minimum absolute atomic E-state index is 0.0711. The zero-order valence-electron chi connectivity index (χ0n) is 9.75. The minimum Gasteiger partial charge on any atom is -0.383 e. The Morgan fingerprint density at radius 1 is 1.65 bits per heavy atom. The van der Waals surface area contributed by atoms with Gasteiger partial charge in [0.2, 0.25) is 0 Å². The van der Waals surface area contributed by atoms with Crippen molar-refractivity contribution in [3.05, 3.63) is 33.7 Å². The third kappa shape index (κ3) is 3.87. The lowest BCUT2D eigenvalue weighted by atomic mass is 10.2. The maximum absolute atomic E-state index is 11.8. The van der Waals surface area contributed by atoms with E-state index in [9.17, 15) is 9.59 Å². The van der Waals surface area contributed by atoms with E-state index in [-0.39, 0.29) is 22.9 Å². The van der Waals surface area contributed by atoms with Crippen LogP contribution in [0.4, 0.5) is 0 Å². The van der Waals surface area contributed by atoms with Crippen LogP contribution in [0, 0.1) is 6.92 Å². The first-order chi connectivity index (χ1) is 8.08. The number of rotatable bonds is 5. The molecule has 0 radical (unpaired) electrons. The molecule has 1 atom stereocenters. The summed E-state index contributed by atoms with van der Waals surface area (Å²) in [7, 11) is 1.52. The van der Waals surface area contributed by atoms with Gasteiger partial charge >= 0.3 is 0 Å². The van der Waals surface area contributed by atoms with Crippen molar-refractivity contribution in [3.63, 3.8) is 0 Å². The second-order valence-electron chi connectivity index (χ2n) is 3.67. The molecule has 1 rings (SSSR count). The van der Waals surface area contributed by atoms with Gasteiger partial charge in [0.1, 0.15) is 5.56 Å². The summed E-state index contributed by atoms with van der Waals surface area (Å²) in [5.74, 6) is -0.225. The summed E-state index contributed by atoms with van der Waals surface area (Å²) >= 11 is 5.66. The molecular formula is C11H15ClN2O3. The lowest BCUT2D eigenvalue weighted by Gasteiger charge is -2.14. The number of ether oxygens (including phenoxy) is 1. The topological polar surface area (TPSA) is 71.2 Å². The standard InChI is InChI=1S/C11H15ClN2O3/c1-7-3-10(15)9(5-13-7)11(16)14-8(4-12)6-17-2/h3,5,8H,4,6H2,1-2H3,(H,13,15)(H,14,16). The van der Waals surface area contributed by atoms with Gasteiger partial charge < -0.3 is 15.0 Å². The van der Waals surface area contributed by atoms with Gasteiger partial charge in [0.15, 0.2) is 5.43 Å². The Morgan fingerprint density at radius 3 is 2.88 bits per heavy atom. The Balaban J connectivity index is 2.79. The van der Waals surface area contributed by atoms with Crippen LogP contribution >= 0.6 is 11.6 Å². The SMILES string of the molecule is COCC(CCl)NC(=O)c1c[nH]c(C)cc1=O. The number of aryl methyl sites for hydroxylation is 1. The number of aromatic amines is 1. The average molecular weight is 259 g/mol. The van der Waals surface area contributed by atoms with Crippen LogP contribution in [-0.4, -0.2) is 36.5 Å². The lowest BCUT2D eigenvalue weighted by molar-refractivity contribution is 0.0905. The van der Waals surface area contributed by atoms with E-state index in [0.717, 1.165) is 0 Å². The molecule has 17 heavy (non-hydrogen) atoms. The second-order valence-corrected chi connectivity index (χ2v) is 3.98. The van der Waals surface area contributed by atoms with Gasteiger partial charge in [-0.15, -0.1) is 11.6 Å². The highest BCUT2D eigenvalue weighted by atomic mass is 35.5. The number of hydrogen-bond donors (Lipinski definition) is 2. The smallest absolute Gasteiger partial charge is 0.257 e. The zero-order chi connectivity index (χ0) is 12.8. The summed E-state index contributed by atoms with van der Waals surface area (Å²) < 4.78 is 4.90. The normalized spacial score (nSPS) is 12.2. The van der Waals surface area contributed by atoms with Crippen LogP contribution in [0.15, 0.2) is 17.1 Å². The van der Waals surface area contributed by atoms with Gasteiger partial charge in [0.05, 0.1) is 12.6 Å². The zero-order valence-corrected chi connectivity index (χ0v) is 10.5. The molecule has 0 bridgehead atoms. The molecule has 2 N–H and O–H groups in total. The van der Waals surface area contributed by atoms with E-state index < -0.39 is 5.91 Å². The molecule has 0 fully saturated rings. The summed E-state index contributed by atoms with van der Waals surface area (Å²) in [5.41, 5.74) is 0.462. The summed E-state index contributed by atoms with van der Waals surface area (Å²) in [6, 6.07) is 1.07. The predicted octanol–water partition coefficient (Wildman–Crippen LogP) is 0.667. The van der Waals surface area contributed by atoms with E-state index in [4.69, 9.17) is 16.3 Å². The first kappa shape index (κ1) is 13.7. The fraction of sp³-hybridized carbons (Fsp3) is 0.455. The summed E-state index contributed by atoms with van der Waals surface area (Å²) in [5, 5.41) is 2.63. The Labute approximate surface area is 104 Å². The van der Waals surface area contributed by atoms with E-state index in [0.29, 0.717) is 12.3 Å². The molecule has 1 unspecified atom stereocenters. The fourth-order valence-electron chi connectivity index (χ4n) is 1.34. The molecule has 1 heterocycles. The average Bonchev–Trinajstić information content (AvgIpc) is 2.28. The molecule has 6 heteroatoms. The van der Waals surface area contributed by atoms with Gasteiger partial charge in [-0.1, -0.05) is 0 Å². The number of pyridine rings is 1. The van der Waals surface area contributed by atoms with Crippen molar-refractivity contribution in [2.24, 2.45) is 0 Å². The molecule has 5 nitrogen and oxygen atoms in total. The number of carbonyl (C=O) groups is 1. The number of H-pyrrole nitrogens is 1. The molecule has 1 aromatic rings. The summed E-state index contributed by atoms with van der Waals surface area (Å²) in [6.07, 6.45) is 1.39. The summed E-state index contributed by atoms with van der Waals surface area (Å²) in [6.45, 7) is 2.05. The molecule has 1 aromatic heterocycles. The highest BCUT2D eigenvalue weighted by Crippen LogP contribution is 1.95. The van der Waals surface area contributed by atoms with Gasteiger partial charge in [0.25, 0.3) is 5.91 Å². The quantitative estimate of drug-likeness (QED) is 0.763. The molecule has 0 aliphatic heterocycles. The largest absolute Gasteiger partial charge is 0.383 e. The van der Waals surface area contributed by atoms with Crippen LogP contribution in [-0.2, 0) is 4.74 Å². The number of nitrogens with one attached hydrogen (secondary N) is 2. The van der Waals surface area contributed by atoms with Crippen molar-refractivity contribution in [3.8, 4) is 0 Å². The van der Waals surface area contributed by atoms with Gasteiger partial charge in [0, 0.05) is 30.9 Å². The maximum atomic E-state index is 11.8. The van der Waals surface area contributed by atoms with Crippen LogP contribution in [0.5, 0.6) is 0 Å². The second kappa shape index (κ2) is 6.42. The van der Waals surface area contributed by atoms with Gasteiger partial charge in [-0.3, -0.25) is 9.59 Å². The van der Waals surface area contributed by atoms with E-state index >= 15 is 0 Å². The van der Waals surface area contributed by atoms with E-state index in [1.54, 1.807) is 6.92 Å².